The number of nitrogens with one attached hydrogen (secondary N) is 1. The normalized spacial score (nSPS) is 12.4. The van der Waals surface area contributed by atoms with Crippen LogP contribution in [0, 0.1) is 9.39 Å². The summed E-state index contributed by atoms with van der Waals surface area (Å²) in [6.45, 7) is 2.88. The fraction of sp³-hybridized carbons (Fsp3) is 0.267. The van der Waals surface area contributed by atoms with Gasteiger partial charge in [0.05, 0.1) is 12.2 Å². The van der Waals surface area contributed by atoms with Crippen LogP contribution in [0.15, 0.2) is 36.7 Å². The Kier molecular flexibility index (Phi) is 5.74. The molecule has 1 N–H and O–H groups in total. The first-order valence-corrected chi connectivity index (χ1v) is 7.87. The van der Waals surface area contributed by atoms with Gasteiger partial charge in [0.1, 0.15) is 5.82 Å². The van der Waals surface area contributed by atoms with Crippen LogP contribution in [-0.4, -0.2) is 11.5 Å². The SMILES string of the molecule is CCCNC(c1ccncc1F)c1cc(Cl)ccc1I. The first-order valence-electron chi connectivity index (χ1n) is 6.41. The van der Waals surface area contributed by atoms with Gasteiger partial charge in [-0.05, 0) is 65.4 Å². The van der Waals surface area contributed by atoms with Crippen LogP contribution in [0.25, 0.3) is 0 Å². The van der Waals surface area contributed by atoms with Gasteiger partial charge in [-0.25, -0.2) is 4.39 Å². The molecular formula is C15H15ClFIN2. The molecule has 0 bridgehead atoms. The average molecular weight is 405 g/mol. The van der Waals surface area contributed by atoms with E-state index >= 15 is 0 Å². The van der Waals surface area contributed by atoms with Crippen molar-refractivity contribution < 1.29 is 4.39 Å². The first kappa shape index (κ1) is 15.7. The average Bonchev–Trinajstić information content (AvgIpc) is 2.44. The van der Waals surface area contributed by atoms with E-state index in [9.17, 15) is 4.39 Å². The number of rotatable bonds is 5. The van der Waals surface area contributed by atoms with Gasteiger partial charge in [0.2, 0.25) is 0 Å². The Morgan fingerprint density at radius 2 is 2.15 bits per heavy atom. The molecule has 2 nitrogen and oxygen atoms in total. The molecule has 1 atom stereocenters. The summed E-state index contributed by atoms with van der Waals surface area (Å²) in [5.74, 6) is -0.308. The van der Waals surface area contributed by atoms with E-state index in [2.05, 4.69) is 39.8 Å². The first-order chi connectivity index (χ1) is 9.63. The Balaban J connectivity index is 2.47. The van der Waals surface area contributed by atoms with Crippen LogP contribution in [0.1, 0.15) is 30.5 Å². The minimum absolute atomic E-state index is 0.219. The lowest BCUT2D eigenvalue weighted by molar-refractivity contribution is 0.542. The molecule has 0 saturated carbocycles. The quantitative estimate of drug-likeness (QED) is 0.739. The van der Waals surface area contributed by atoms with E-state index < -0.39 is 0 Å². The minimum Gasteiger partial charge on any atom is -0.306 e. The molecule has 2 rings (SSSR count). The molecule has 0 amide bonds. The fourth-order valence-corrected chi connectivity index (χ4v) is 2.86. The molecule has 1 heterocycles. The minimum atomic E-state index is -0.308. The second-order valence-corrected chi connectivity index (χ2v) is 6.05. The highest BCUT2D eigenvalue weighted by atomic mass is 127. The second kappa shape index (κ2) is 7.33. The molecule has 0 fully saturated rings. The molecule has 0 aliphatic carbocycles. The van der Waals surface area contributed by atoms with E-state index in [1.54, 1.807) is 12.3 Å². The van der Waals surface area contributed by atoms with Crippen LogP contribution in [0.2, 0.25) is 5.02 Å². The Morgan fingerprint density at radius 1 is 1.35 bits per heavy atom. The van der Waals surface area contributed by atoms with E-state index in [4.69, 9.17) is 11.6 Å². The van der Waals surface area contributed by atoms with E-state index in [1.807, 2.05) is 18.2 Å². The largest absolute Gasteiger partial charge is 0.306 e. The molecule has 0 spiro atoms. The second-order valence-electron chi connectivity index (χ2n) is 4.45. The predicted octanol–water partition coefficient (Wildman–Crippen LogP) is 4.57. The Bertz CT molecular complexity index is 592. The summed E-state index contributed by atoms with van der Waals surface area (Å²) in [6, 6.07) is 7.16. The molecule has 0 radical (unpaired) electrons. The lowest BCUT2D eigenvalue weighted by Crippen LogP contribution is -2.25. The van der Waals surface area contributed by atoms with E-state index in [1.165, 1.54) is 6.20 Å². The van der Waals surface area contributed by atoms with Gasteiger partial charge in [-0.2, -0.15) is 0 Å². The lowest BCUT2D eigenvalue weighted by Gasteiger charge is -2.21. The number of halogens is 3. The smallest absolute Gasteiger partial charge is 0.146 e. The van der Waals surface area contributed by atoms with E-state index in [0.29, 0.717) is 10.6 Å². The molecule has 1 aromatic carbocycles. The van der Waals surface area contributed by atoms with Crippen LogP contribution in [0.4, 0.5) is 4.39 Å². The van der Waals surface area contributed by atoms with Gasteiger partial charge in [-0.15, -0.1) is 0 Å². The summed E-state index contributed by atoms with van der Waals surface area (Å²) in [5, 5.41) is 4.03. The van der Waals surface area contributed by atoms with Crippen molar-refractivity contribution in [2.24, 2.45) is 0 Å². The molecule has 0 saturated heterocycles. The van der Waals surface area contributed by atoms with Crippen molar-refractivity contribution in [3.63, 3.8) is 0 Å². The van der Waals surface area contributed by atoms with Crippen molar-refractivity contribution in [2.45, 2.75) is 19.4 Å². The molecule has 1 aromatic heterocycles. The van der Waals surface area contributed by atoms with Crippen molar-refractivity contribution in [1.82, 2.24) is 10.3 Å². The third-order valence-electron chi connectivity index (χ3n) is 2.98. The Morgan fingerprint density at radius 3 is 2.85 bits per heavy atom. The van der Waals surface area contributed by atoms with Crippen LogP contribution < -0.4 is 5.32 Å². The maximum Gasteiger partial charge on any atom is 0.146 e. The third-order valence-corrected chi connectivity index (χ3v) is 4.20. The zero-order valence-electron chi connectivity index (χ0n) is 11.0. The van der Waals surface area contributed by atoms with Crippen LogP contribution in [0.5, 0.6) is 0 Å². The van der Waals surface area contributed by atoms with E-state index in [-0.39, 0.29) is 11.9 Å². The zero-order chi connectivity index (χ0) is 14.5. The molecule has 106 valence electrons. The number of hydrogen-bond donors (Lipinski definition) is 1. The lowest BCUT2D eigenvalue weighted by atomic mass is 9.99. The van der Waals surface area contributed by atoms with Gasteiger partial charge >= 0.3 is 0 Å². The standard InChI is InChI=1S/C15H15ClFIN2/c1-2-6-20-15(11-5-7-19-9-13(11)17)12-8-10(16)3-4-14(12)18/h3-5,7-9,15,20H,2,6H2,1H3. The van der Waals surface area contributed by atoms with Gasteiger partial charge in [-0.1, -0.05) is 18.5 Å². The van der Waals surface area contributed by atoms with Gasteiger partial charge in [0, 0.05) is 20.4 Å². The van der Waals surface area contributed by atoms with E-state index in [0.717, 1.165) is 22.1 Å². The summed E-state index contributed by atoms with van der Waals surface area (Å²) in [4.78, 5) is 3.81. The highest BCUT2D eigenvalue weighted by Gasteiger charge is 2.19. The summed E-state index contributed by atoms with van der Waals surface area (Å²) < 4.78 is 15.1. The number of aromatic nitrogens is 1. The number of pyridine rings is 1. The number of benzene rings is 1. The summed E-state index contributed by atoms with van der Waals surface area (Å²) in [7, 11) is 0. The Labute approximate surface area is 136 Å². The summed E-state index contributed by atoms with van der Waals surface area (Å²) in [6.07, 6.45) is 3.82. The molecule has 5 heteroatoms. The summed E-state index contributed by atoms with van der Waals surface area (Å²) in [5.41, 5.74) is 1.57. The fourth-order valence-electron chi connectivity index (χ4n) is 2.03. The number of nitrogens with zero attached hydrogens (tertiary/aromatic N) is 1. The van der Waals surface area contributed by atoms with Crippen molar-refractivity contribution in [2.75, 3.05) is 6.54 Å². The van der Waals surface area contributed by atoms with Crippen molar-refractivity contribution in [1.29, 1.82) is 0 Å². The van der Waals surface area contributed by atoms with Crippen molar-refractivity contribution in [3.8, 4) is 0 Å². The van der Waals surface area contributed by atoms with Gasteiger partial charge in [0.25, 0.3) is 0 Å². The maximum absolute atomic E-state index is 14.0. The molecule has 0 aliphatic heterocycles. The topological polar surface area (TPSA) is 24.9 Å². The van der Waals surface area contributed by atoms with Gasteiger partial charge < -0.3 is 5.32 Å². The molecule has 20 heavy (non-hydrogen) atoms. The maximum atomic E-state index is 14.0. The zero-order valence-corrected chi connectivity index (χ0v) is 14.0. The summed E-state index contributed by atoms with van der Waals surface area (Å²) >= 11 is 8.33. The van der Waals surface area contributed by atoms with Gasteiger partial charge in [0.15, 0.2) is 0 Å². The number of hydrogen-bond acceptors (Lipinski definition) is 2. The molecule has 2 aromatic rings. The van der Waals surface area contributed by atoms with Crippen molar-refractivity contribution >= 4 is 34.2 Å². The van der Waals surface area contributed by atoms with Crippen LogP contribution in [-0.2, 0) is 0 Å². The predicted molar refractivity (Wildman–Crippen MR) is 88.5 cm³/mol. The molecule has 0 aliphatic rings. The van der Waals surface area contributed by atoms with Crippen LogP contribution >= 0.6 is 34.2 Å². The highest BCUT2D eigenvalue weighted by Crippen LogP contribution is 2.29. The third kappa shape index (κ3) is 3.68. The molecular weight excluding hydrogens is 390 g/mol. The highest BCUT2D eigenvalue weighted by molar-refractivity contribution is 14.1. The van der Waals surface area contributed by atoms with Crippen molar-refractivity contribution in [3.05, 3.63) is 62.2 Å². The molecule has 1 unspecified atom stereocenters. The monoisotopic (exact) mass is 404 g/mol. The van der Waals surface area contributed by atoms with Gasteiger partial charge in [-0.3, -0.25) is 4.98 Å². The Hall–Kier alpha value is -0.720. The van der Waals surface area contributed by atoms with Crippen LogP contribution in [0.3, 0.4) is 0 Å².